The van der Waals surface area contributed by atoms with Gasteiger partial charge in [0, 0.05) is 16.2 Å². The summed E-state index contributed by atoms with van der Waals surface area (Å²) in [5.41, 5.74) is 3.00. The minimum absolute atomic E-state index is 0.149. The zero-order valence-corrected chi connectivity index (χ0v) is 17.1. The molecule has 0 fully saturated rings. The van der Waals surface area contributed by atoms with Gasteiger partial charge in [-0.3, -0.25) is 9.20 Å². The predicted molar refractivity (Wildman–Crippen MR) is 114 cm³/mol. The lowest BCUT2D eigenvalue weighted by atomic mass is 10.1. The number of ether oxygens (including phenoxy) is 1. The molecule has 2 aromatic heterocycles. The number of aromatic nitrogens is 2. The Hall–Kier alpha value is -3.19. The summed E-state index contributed by atoms with van der Waals surface area (Å²) in [5.74, 6) is 0.451. The number of carbonyl (C=O) groups excluding carboxylic acids is 1. The molecule has 2 heterocycles. The first-order chi connectivity index (χ1) is 14.0. The summed E-state index contributed by atoms with van der Waals surface area (Å²) in [6.45, 7) is 1.82. The monoisotopic (exact) mass is 453 g/mol. The molecule has 4 rings (SSSR count). The molecule has 1 N–H and O–H groups in total. The van der Waals surface area contributed by atoms with Gasteiger partial charge in [0.05, 0.1) is 0 Å². The van der Waals surface area contributed by atoms with E-state index in [1.807, 2.05) is 37.4 Å². The minimum Gasteiger partial charge on any atom is -0.484 e. The summed E-state index contributed by atoms with van der Waals surface area (Å²) in [7, 11) is 0. The second kappa shape index (κ2) is 8.05. The summed E-state index contributed by atoms with van der Waals surface area (Å²) < 4.78 is 21.6. The molecule has 0 saturated carbocycles. The number of pyridine rings is 1. The van der Waals surface area contributed by atoms with Crippen molar-refractivity contribution in [1.29, 1.82) is 0 Å². The quantitative estimate of drug-likeness (QED) is 0.450. The predicted octanol–water partition coefficient (Wildman–Crippen LogP) is 5.23. The van der Waals surface area contributed by atoms with Crippen molar-refractivity contribution in [1.82, 2.24) is 9.38 Å². The number of hydrogen-bond acceptors (Lipinski definition) is 3. The van der Waals surface area contributed by atoms with Gasteiger partial charge in [0.1, 0.15) is 28.7 Å². The molecule has 0 aliphatic carbocycles. The molecule has 0 atom stereocenters. The number of hydrogen-bond donors (Lipinski definition) is 1. The topological polar surface area (TPSA) is 55.6 Å². The van der Waals surface area contributed by atoms with Crippen molar-refractivity contribution in [2.45, 2.75) is 6.92 Å². The standard InChI is InChI=1S/C22H17BrFN3O2/c1-14-10-11-27-19(12-14)25-21(15-2-6-17(24)7-3-15)22(27)26-20(28)13-29-18-8-4-16(23)5-9-18/h2-12H,13H2,1H3,(H,26,28). The van der Waals surface area contributed by atoms with Gasteiger partial charge in [0.15, 0.2) is 6.61 Å². The van der Waals surface area contributed by atoms with Crippen molar-refractivity contribution in [3.63, 3.8) is 0 Å². The number of amides is 1. The Morgan fingerprint density at radius 3 is 2.59 bits per heavy atom. The molecule has 0 unspecified atom stereocenters. The summed E-state index contributed by atoms with van der Waals surface area (Å²) in [6.07, 6.45) is 1.84. The third-order valence-corrected chi connectivity index (χ3v) is 4.87. The van der Waals surface area contributed by atoms with Crippen molar-refractivity contribution < 1.29 is 13.9 Å². The average molecular weight is 454 g/mol. The first kappa shape index (κ1) is 19.1. The van der Waals surface area contributed by atoms with E-state index < -0.39 is 0 Å². The smallest absolute Gasteiger partial charge is 0.263 e. The number of halogens is 2. The molecule has 146 valence electrons. The van der Waals surface area contributed by atoms with E-state index in [0.29, 0.717) is 28.5 Å². The van der Waals surface area contributed by atoms with Gasteiger partial charge in [-0.15, -0.1) is 0 Å². The highest BCUT2D eigenvalue weighted by atomic mass is 79.9. The zero-order chi connectivity index (χ0) is 20.4. The third kappa shape index (κ3) is 4.30. The molecule has 5 nitrogen and oxygen atoms in total. The second-order valence-corrected chi connectivity index (χ2v) is 7.45. The van der Waals surface area contributed by atoms with Gasteiger partial charge in [0.2, 0.25) is 0 Å². The van der Waals surface area contributed by atoms with Gasteiger partial charge in [-0.1, -0.05) is 15.9 Å². The molecule has 0 bridgehead atoms. The van der Waals surface area contributed by atoms with Crippen LogP contribution in [0.2, 0.25) is 0 Å². The lowest BCUT2D eigenvalue weighted by Gasteiger charge is -2.09. The van der Waals surface area contributed by atoms with Crippen LogP contribution in [0.3, 0.4) is 0 Å². The SMILES string of the molecule is Cc1ccn2c(NC(=O)COc3ccc(Br)cc3)c(-c3ccc(F)cc3)nc2c1. The number of nitrogens with one attached hydrogen (secondary N) is 1. The van der Waals surface area contributed by atoms with E-state index in [9.17, 15) is 9.18 Å². The average Bonchev–Trinajstić information content (AvgIpc) is 3.05. The fourth-order valence-corrected chi connectivity index (χ4v) is 3.19. The Labute approximate surface area is 175 Å². The molecule has 1 amide bonds. The molecular weight excluding hydrogens is 437 g/mol. The van der Waals surface area contributed by atoms with Crippen LogP contribution in [-0.4, -0.2) is 21.9 Å². The van der Waals surface area contributed by atoms with Crippen molar-refractivity contribution in [3.05, 3.63) is 82.7 Å². The van der Waals surface area contributed by atoms with Crippen LogP contribution in [0.1, 0.15) is 5.56 Å². The summed E-state index contributed by atoms with van der Waals surface area (Å²) >= 11 is 3.36. The van der Waals surface area contributed by atoms with Crippen LogP contribution in [0, 0.1) is 12.7 Å². The molecular formula is C22H17BrFN3O2. The van der Waals surface area contributed by atoms with Crippen molar-refractivity contribution in [3.8, 4) is 17.0 Å². The van der Waals surface area contributed by atoms with Gasteiger partial charge in [-0.2, -0.15) is 0 Å². The van der Waals surface area contributed by atoms with Crippen LogP contribution in [-0.2, 0) is 4.79 Å². The fourth-order valence-electron chi connectivity index (χ4n) is 2.92. The number of carbonyl (C=O) groups is 1. The number of rotatable bonds is 5. The van der Waals surface area contributed by atoms with E-state index in [4.69, 9.17) is 4.74 Å². The molecule has 0 aliphatic heterocycles. The Kier molecular flexibility index (Phi) is 5.31. The lowest BCUT2D eigenvalue weighted by molar-refractivity contribution is -0.118. The number of nitrogens with zero attached hydrogens (tertiary/aromatic N) is 2. The number of imidazole rings is 1. The Morgan fingerprint density at radius 1 is 1.14 bits per heavy atom. The first-order valence-electron chi connectivity index (χ1n) is 8.92. The molecule has 7 heteroatoms. The van der Waals surface area contributed by atoms with E-state index in [1.54, 1.807) is 28.7 Å². The van der Waals surface area contributed by atoms with E-state index in [0.717, 1.165) is 10.0 Å². The molecule has 2 aromatic carbocycles. The number of fused-ring (bicyclic) bond motifs is 1. The maximum absolute atomic E-state index is 13.3. The zero-order valence-electron chi connectivity index (χ0n) is 15.5. The van der Waals surface area contributed by atoms with Crippen molar-refractivity contribution in [2.75, 3.05) is 11.9 Å². The summed E-state index contributed by atoms with van der Waals surface area (Å²) in [4.78, 5) is 17.2. The minimum atomic E-state index is -0.332. The van der Waals surface area contributed by atoms with E-state index >= 15 is 0 Å². The molecule has 0 spiro atoms. The number of anilines is 1. The Balaban J connectivity index is 1.62. The van der Waals surface area contributed by atoms with Gasteiger partial charge >= 0.3 is 0 Å². The second-order valence-electron chi connectivity index (χ2n) is 6.54. The van der Waals surface area contributed by atoms with Crippen LogP contribution < -0.4 is 10.1 Å². The van der Waals surface area contributed by atoms with Crippen LogP contribution in [0.15, 0.2) is 71.3 Å². The van der Waals surface area contributed by atoms with Crippen molar-refractivity contribution >= 4 is 33.3 Å². The summed E-state index contributed by atoms with van der Waals surface area (Å²) in [6, 6.07) is 17.1. The van der Waals surface area contributed by atoms with Crippen LogP contribution >= 0.6 is 15.9 Å². The van der Waals surface area contributed by atoms with Gasteiger partial charge in [0.25, 0.3) is 5.91 Å². The largest absolute Gasteiger partial charge is 0.484 e. The van der Waals surface area contributed by atoms with E-state index in [-0.39, 0.29) is 18.3 Å². The first-order valence-corrected chi connectivity index (χ1v) is 9.72. The Morgan fingerprint density at radius 2 is 1.86 bits per heavy atom. The molecule has 29 heavy (non-hydrogen) atoms. The number of benzene rings is 2. The molecule has 0 radical (unpaired) electrons. The van der Waals surface area contributed by atoms with Crippen LogP contribution in [0.4, 0.5) is 10.2 Å². The van der Waals surface area contributed by atoms with E-state index in [1.165, 1.54) is 12.1 Å². The van der Waals surface area contributed by atoms with Gasteiger partial charge in [-0.05, 0) is 73.2 Å². The molecule has 0 aliphatic rings. The van der Waals surface area contributed by atoms with Gasteiger partial charge in [-0.25, -0.2) is 9.37 Å². The highest BCUT2D eigenvalue weighted by Gasteiger charge is 2.17. The maximum atomic E-state index is 13.3. The highest BCUT2D eigenvalue weighted by molar-refractivity contribution is 9.10. The fraction of sp³-hybridized carbons (Fsp3) is 0.0909. The molecule has 4 aromatic rings. The molecule has 0 saturated heterocycles. The van der Waals surface area contributed by atoms with Crippen LogP contribution in [0.25, 0.3) is 16.9 Å². The van der Waals surface area contributed by atoms with Crippen LogP contribution in [0.5, 0.6) is 5.75 Å². The summed E-state index contributed by atoms with van der Waals surface area (Å²) in [5, 5.41) is 2.88. The highest BCUT2D eigenvalue weighted by Crippen LogP contribution is 2.29. The van der Waals surface area contributed by atoms with Gasteiger partial charge < -0.3 is 10.1 Å². The third-order valence-electron chi connectivity index (χ3n) is 4.34. The normalized spacial score (nSPS) is 10.9. The number of aryl methyl sites for hydroxylation is 1. The van der Waals surface area contributed by atoms with Crippen molar-refractivity contribution in [2.24, 2.45) is 0 Å². The van der Waals surface area contributed by atoms with E-state index in [2.05, 4.69) is 26.2 Å². The maximum Gasteiger partial charge on any atom is 0.263 e. The lowest BCUT2D eigenvalue weighted by Crippen LogP contribution is -2.21. The Bertz CT molecular complexity index is 1170.